The summed E-state index contributed by atoms with van der Waals surface area (Å²) in [6, 6.07) is 14.6. The van der Waals surface area contributed by atoms with E-state index in [0.29, 0.717) is 48.9 Å². The van der Waals surface area contributed by atoms with Gasteiger partial charge in [-0.15, -0.1) is 0 Å². The summed E-state index contributed by atoms with van der Waals surface area (Å²) >= 11 is 0. The Balaban J connectivity index is 1.00. The van der Waals surface area contributed by atoms with Gasteiger partial charge in [0.15, 0.2) is 5.78 Å². The molecule has 0 aliphatic carbocycles. The van der Waals surface area contributed by atoms with Crippen LogP contribution in [0.1, 0.15) is 59.2 Å². The molecular formula is C42H46N6O11. The van der Waals surface area contributed by atoms with Crippen LogP contribution in [-0.2, 0) is 81.0 Å². The second kappa shape index (κ2) is 19.5. The maximum atomic E-state index is 14.0. The Bertz CT molecular complexity index is 2340. The van der Waals surface area contributed by atoms with Crippen LogP contribution < -0.4 is 10.9 Å². The van der Waals surface area contributed by atoms with Crippen LogP contribution in [0.25, 0.3) is 32.7 Å². The van der Waals surface area contributed by atoms with Gasteiger partial charge in [0.05, 0.1) is 55.4 Å². The van der Waals surface area contributed by atoms with Gasteiger partial charge in [-0.1, -0.05) is 54.9 Å². The van der Waals surface area contributed by atoms with E-state index in [1.54, 1.807) is 41.8 Å². The lowest BCUT2D eigenvalue weighted by Crippen LogP contribution is -2.47. The quantitative estimate of drug-likeness (QED) is 0.0365. The number of nitrogens with zero attached hydrogens (tertiary/aromatic N) is 5. The van der Waals surface area contributed by atoms with E-state index in [1.807, 2.05) is 19.1 Å². The molecule has 6 rings (SSSR count). The molecule has 1 amide bonds. The van der Waals surface area contributed by atoms with Gasteiger partial charge in [0.1, 0.15) is 26.4 Å². The van der Waals surface area contributed by atoms with E-state index in [2.05, 4.69) is 28.3 Å². The number of hydrogen-bond acceptors (Lipinski definition) is 13. The Morgan fingerprint density at radius 3 is 2.47 bits per heavy atom. The van der Waals surface area contributed by atoms with Gasteiger partial charge >= 0.3 is 12.1 Å². The van der Waals surface area contributed by atoms with Crippen molar-refractivity contribution in [2.45, 2.75) is 65.4 Å². The van der Waals surface area contributed by atoms with Crippen molar-refractivity contribution in [1.29, 1.82) is 0 Å². The Hall–Kier alpha value is -6.13. The lowest BCUT2D eigenvalue weighted by molar-refractivity contribution is -0.175. The molecule has 0 saturated heterocycles. The smallest absolute Gasteiger partial charge is 0.457 e. The van der Waals surface area contributed by atoms with E-state index in [9.17, 15) is 24.0 Å². The molecule has 2 aliphatic rings. The summed E-state index contributed by atoms with van der Waals surface area (Å²) in [7, 11) is 0. The standard InChI is InChI=1S/C42H46N6O11/c1-4-30-31-18-26(3)6-11-35(31)46-38-32(30)21-48-36(38)20-34-33(39(48)51)24-57-40(52)42(34,5-2)59-41(53)58-22-28-9-7-27(8-10-28)19-29(49)23-56-25-37(50)44-12-14-54-16-17-55-15-13-45-47-43/h6-11,18,20H,4-5,12-17,19,21-25H2,1-3H3,(H,44,50)/t42-/m0/s1. The minimum Gasteiger partial charge on any atom is -0.457 e. The third kappa shape index (κ3) is 9.78. The zero-order valence-corrected chi connectivity index (χ0v) is 33.2. The number of amides is 1. The van der Waals surface area contributed by atoms with Crippen LogP contribution in [0.3, 0.4) is 0 Å². The maximum absolute atomic E-state index is 14.0. The molecule has 310 valence electrons. The molecule has 1 atom stereocenters. The van der Waals surface area contributed by atoms with Gasteiger partial charge < -0.3 is 38.3 Å². The maximum Gasteiger partial charge on any atom is 0.510 e. The van der Waals surface area contributed by atoms with Gasteiger partial charge in [0, 0.05) is 40.9 Å². The van der Waals surface area contributed by atoms with Crippen LogP contribution in [0.2, 0.25) is 0 Å². The van der Waals surface area contributed by atoms with E-state index in [0.717, 1.165) is 34.0 Å². The largest absolute Gasteiger partial charge is 0.510 e. The summed E-state index contributed by atoms with van der Waals surface area (Å²) in [6.45, 7) is 6.83. The van der Waals surface area contributed by atoms with Crippen molar-refractivity contribution in [1.82, 2.24) is 14.9 Å². The number of aryl methyl sites for hydroxylation is 2. The van der Waals surface area contributed by atoms with Crippen LogP contribution in [0.15, 0.2) is 58.4 Å². The number of pyridine rings is 2. The highest BCUT2D eigenvalue weighted by atomic mass is 16.7. The summed E-state index contributed by atoms with van der Waals surface area (Å²) in [6.07, 6.45) is -0.339. The number of nitrogens with one attached hydrogen (secondary N) is 1. The van der Waals surface area contributed by atoms with Crippen molar-refractivity contribution >= 4 is 34.7 Å². The van der Waals surface area contributed by atoms with Crippen molar-refractivity contribution in [2.24, 2.45) is 5.11 Å². The Kier molecular flexibility index (Phi) is 14.1. The SMILES string of the molecule is CCc1c2c(nc3ccc(C)cc13)-c1cc3c(c(=O)n1C2)COC(=O)[C@@]3(CC)OC(=O)OCc1ccc(CC(=O)COCC(=O)NCCOCCOCCN=[N+]=[N-])cc1. The number of azide groups is 1. The average molecular weight is 811 g/mol. The predicted molar refractivity (Wildman–Crippen MR) is 212 cm³/mol. The van der Waals surface area contributed by atoms with E-state index in [-0.39, 0.29) is 87.3 Å². The van der Waals surface area contributed by atoms with Crippen LogP contribution in [0.5, 0.6) is 0 Å². The summed E-state index contributed by atoms with van der Waals surface area (Å²) in [5, 5.41) is 7.02. The average Bonchev–Trinajstić information content (AvgIpc) is 3.60. The number of Topliss-reactive ketones (excluding diaryl/α,β-unsaturated/α-hetero) is 1. The Morgan fingerprint density at radius 1 is 0.966 bits per heavy atom. The molecule has 0 radical (unpaired) electrons. The van der Waals surface area contributed by atoms with Crippen molar-refractivity contribution in [3.05, 3.63) is 108 Å². The zero-order chi connectivity index (χ0) is 41.9. The normalized spacial score (nSPS) is 15.1. The second-order valence-electron chi connectivity index (χ2n) is 14.1. The molecule has 4 aromatic rings. The van der Waals surface area contributed by atoms with Gasteiger partial charge in [-0.3, -0.25) is 14.4 Å². The van der Waals surface area contributed by atoms with Gasteiger partial charge in [-0.05, 0) is 60.2 Å². The number of carbonyl (C=O) groups is 4. The fourth-order valence-corrected chi connectivity index (χ4v) is 7.23. The number of ketones is 1. The number of cyclic esters (lactones) is 1. The molecule has 17 nitrogen and oxygen atoms in total. The highest BCUT2D eigenvalue weighted by Gasteiger charge is 2.51. The molecule has 0 spiro atoms. The number of fused-ring (bicyclic) bond motifs is 5. The first-order valence-electron chi connectivity index (χ1n) is 19.4. The van der Waals surface area contributed by atoms with Crippen molar-refractivity contribution in [2.75, 3.05) is 52.7 Å². The first-order chi connectivity index (χ1) is 28.6. The molecular weight excluding hydrogens is 764 g/mol. The van der Waals surface area contributed by atoms with Crippen LogP contribution in [-0.4, -0.2) is 86.1 Å². The van der Waals surface area contributed by atoms with Crippen molar-refractivity contribution in [3.63, 3.8) is 0 Å². The van der Waals surface area contributed by atoms with Gasteiger partial charge in [-0.25, -0.2) is 14.6 Å². The molecule has 0 fully saturated rings. The lowest BCUT2D eigenvalue weighted by Gasteiger charge is -2.35. The first-order valence-corrected chi connectivity index (χ1v) is 19.4. The molecule has 17 heteroatoms. The summed E-state index contributed by atoms with van der Waals surface area (Å²) in [5.74, 6) is -1.43. The van der Waals surface area contributed by atoms with E-state index >= 15 is 0 Å². The van der Waals surface area contributed by atoms with Gasteiger partial charge in [-0.2, -0.15) is 0 Å². The number of ether oxygens (including phenoxy) is 6. The van der Waals surface area contributed by atoms with Gasteiger partial charge in [0.2, 0.25) is 11.5 Å². The molecule has 2 aliphatic heterocycles. The second-order valence-corrected chi connectivity index (χ2v) is 14.1. The van der Waals surface area contributed by atoms with Crippen molar-refractivity contribution < 1.29 is 47.6 Å². The lowest BCUT2D eigenvalue weighted by atomic mass is 9.85. The fraction of sp³-hybridized carbons (Fsp3) is 0.429. The van der Waals surface area contributed by atoms with E-state index < -0.39 is 17.7 Å². The molecule has 2 aromatic heterocycles. The zero-order valence-electron chi connectivity index (χ0n) is 33.2. The third-order valence-electron chi connectivity index (χ3n) is 10.2. The van der Waals surface area contributed by atoms with E-state index in [4.69, 9.17) is 38.9 Å². The van der Waals surface area contributed by atoms with Crippen LogP contribution in [0.4, 0.5) is 4.79 Å². The molecule has 4 heterocycles. The number of benzene rings is 2. The summed E-state index contributed by atoms with van der Waals surface area (Å²) in [5.41, 5.74) is 12.9. The van der Waals surface area contributed by atoms with Crippen molar-refractivity contribution in [3.8, 4) is 11.4 Å². The molecule has 0 saturated carbocycles. The molecule has 0 bridgehead atoms. The third-order valence-corrected chi connectivity index (χ3v) is 10.2. The molecule has 1 N–H and O–H groups in total. The summed E-state index contributed by atoms with van der Waals surface area (Å²) < 4.78 is 34.1. The number of esters is 1. The Labute approximate surface area is 339 Å². The number of hydrogen-bond donors (Lipinski definition) is 1. The number of rotatable bonds is 20. The Morgan fingerprint density at radius 2 is 1.73 bits per heavy atom. The molecule has 2 aromatic carbocycles. The minimum atomic E-state index is -1.92. The van der Waals surface area contributed by atoms with Gasteiger partial charge in [0.25, 0.3) is 5.56 Å². The van der Waals surface area contributed by atoms with E-state index in [1.165, 1.54) is 0 Å². The first kappa shape index (κ1) is 42.5. The molecule has 59 heavy (non-hydrogen) atoms. The number of carbonyl (C=O) groups excluding carboxylic acids is 4. The van der Waals surface area contributed by atoms with Crippen LogP contribution in [0, 0.1) is 6.92 Å². The highest BCUT2D eigenvalue weighted by molar-refractivity contribution is 5.90. The molecule has 0 unspecified atom stereocenters. The predicted octanol–water partition coefficient (Wildman–Crippen LogP) is 4.90. The monoisotopic (exact) mass is 810 g/mol. The fourth-order valence-electron chi connectivity index (χ4n) is 7.23. The summed E-state index contributed by atoms with van der Waals surface area (Å²) in [4.78, 5) is 72.8. The minimum absolute atomic E-state index is 0.0134. The van der Waals surface area contributed by atoms with Crippen LogP contribution >= 0.6 is 0 Å². The number of aromatic nitrogens is 2. The topological polar surface area (TPSA) is 219 Å². The highest BCUT2D eigenvalue weighted by Crippen LogP contribution is 2.42.